The molecule has 0 heterocycles. The molecule has 1 aliphatic carbocycles. The van der Waals surface area contributed by atoms with Crippen LogP contribution in [0.15, 0.2) is 0 Å². The van der Waals surface area contributed by atoms with Crippen molar-refractivity contribution in [1.82, 2.24) is 0 Å². The van der Waals surface area contributed by atoms with E-state index in [-0.39, 0.29) is 5.60 Å². The smallest absolute Gasteiger partial charge is 0.0622 e. The number of hydrogen-bond donors (Lipinski definition) is 1. The maximum atomic E-state index is 9.66. The largest absolute Gasteiger partial charge is 0.390 e. The molecule has 3 atom stereocenters. The molecule has 0 aromatic rings. The Balaban J connectivity index is 2.49. The summed E-state index contributed by atoms with van der Waals surface area (Å²) in [4.78, 5) is 0. The Bertz CT molecular complexity index is 118. The van der Waals surface area contributed by atoms with Crippen LogP contribution in [0.5, 0.6) is 0 Å². The molecule has 1 rings (SSSR count). The molecule has 0 bridgehead atoms. The van der Waals surface area contributed by atoms with Crippen LogP contribution in [0.1, 0.15) is 40.0 Å². The molecule has 1 nitrogen and oxygen atoms in total. The molecule has 1 N–H and O–H groups in total. The van der Waals surface area contributed by atoms with Gasteiger partial charge >= 0.3 is 0 Å². The van der Waals surface area contributed by atoms with E-state index in [1.165, 1.54) is 6.42 Å². The van der Waals surface area contributed by atoms with Gasteiger partial charge in [-0.1, -0.05) is 13.8 Å². The van der Waals surface area contributed by atoms with E-state index in [1.54, 1.807) is 0 Å². The molecule has 1 heteroatoms. The molecule has 0 aromatic heterocycles. The molecule has 1 unspecified atom stereocenters. The lowest BCUT2D eigenvalue weighted by molar-refractivity contribution is -0.0123. The fourth-order valence-electron chi connectivity index (χ4n) is 1.82. The van der Waals surface area contributed by atoms with Crippen molar-refractivity contribution >= 4 is 0 Å². The monoisotopic (exact) mass is 142 g/mol. The third kappa shape index (κ3) is 1.72. The summed E-state index contributed by atoms with van der Waals surface area (Å²) in [6.07, 6.45) is 3.15. The molecule has 0 amide bonds. The highest BCUT2D eigenvalue weighted by Gasteiger charge is 2.31. The van der Waals surface area contributed by atoms with Gasteiger partial charge in [-0.2, -0.15) is 0 Å². The summed E-state index contributed by atoms with van der Waals surface area (Å²) in [6.45, 7) is 6.47. The van der Waals surface area contributed by atoms with Crippen LogP contribution in [0.2, 0.25) is 0 Å². The summed E-state index contributed by atoms with van der Waals surface area (Å²) in [5, 5.41) is 9.66. The first-order chi connectivity index (χ1) is 4.51. The molecule has 1 fully saturated rings. The van der Waals surface area contributed by atoms with E-state index in [4.69, 9.17) is 0 Å². The van der Waals surface area contributed by atoms with Gasteiger partial charge in [0.2, 0.25) is 0 Å². The maximum absolute atomic E-state index is 9.66. The first-order valence-electron chi connectivity index (χ1n) is 4.24. The molecule has 60 valence electrons. The molecule has 0 aromatic carbocycles. The maximum Gasteiger partial charge on any atom is 0.0622 e. The zero-order valence-electron chi connectivity index (χ0n) is 7.22. The topological polar surface area (TPSA) is 20.2 Å². The Labute approximate surface area is 63.4 Å². The van der Waals surface area contributed by atoms with Crippen LogP contribution in [0, 0.1) is 11.8 Å². The van der Waals surface area contributed by atoms with Gasteiger partial charge in [-0.05, 0) is 38.0 Å². The average Bonchev–Trinajstić information content (AvgIpc) is 1.79. The van der Waals surface area contributed by atoms with Crippen LogP contribution in [-0.2, 0) is 0 Å². The van der Waals surface area contributed by atoms with Crippen LogP contribution in [0.4, 0.5) is 0 Å². The highest BCUT2D eigenvalue weighted by molar-refractivity contribution is 4.83. The van der Waals surface area contributed by atoms with Crippen molar-refractivity contribution in [2.24, 2.45) is 11.8 Å². The van der Waals surface area contributed by atoms with E-state index in [2.05, 4.69) is 13.8 Å². The van der Waals surface area contributed by atoms with Gasteiger partial charge < -0.3 is 5.11 Å². The SMILES string of the molecule is CC1CC[C@](C)(O)C[C@H]1C. The second-order valence-corrected chi connectivity index (χ2v) is 4.19. The van der Waals surface area contributed by atoms with Crippen LogP contribution < -0.4 is 0 Å². The lowest BCUT2D eigenvalue weighted by atomic mass is 9.74. The Morgan fingerprint density at radius 3 is 2.30 bits per heavy atom. The normalized spacial score (nSPS) is 49.2. The van der Waals surface area contributed by atoms with Crippen molar-refractivity contribution in [2.45, 2.75) is 45.6 Å². The van der Waals surface area contributed by atoms with E-state index >= 15 is 0 Å². The van der Waals surface area contributed by atoms with Gasteiger partial charge in [0, 0.05) is 0 Å². The predicted molar refractivity (Wildman–Crippen MR) is 42.8 cm³/mol. The minimum Gasteiger partial charge on any atom is -0.390 e. The van der Waals surface area contributed by atoms with Crippen molar-refractivity contribution < 1.29 is 5.11 Å². The van der Waals surface area contributed by atoms with Crippen molar-refractivity contribution in [1.29, 1.82) is 0 Å². The molecular formula is C9H18O. The molecule has 0 aliphatic heterocycles. The number of hydrogen-bond acceptors (Lipinski definition) is 1. The minimum absolute atomic E-state index is 0.369. The fraction of sp³-hybridized carbons (Fsp3) is 1.00. The molecule has 0 spiro atoms. The summed E-state index contributed by atoms with van der Waals surface area (Å²) < 4.78 is 0. The minimum atomic E-state index is -0.369. The van der Waals surface area contributed by atoms with Crippen LogP contribution in [0.25, 0.3) is 0 Å². The van der Waals surface area contributed by atoms with E-state index in [1.807, 2.05) is 6.92 Å². The van der Waals surface area contributed by atoms with Gasteiger partial charge in [0.05, 0.1) is 5.60 Å². The highest BCUT2D eigenvalue weighted by atomic mass is 16.3. The van der Waals surface area contributed by atoms with Gasteiger partial charge in [0.25, 0.3) is 0 Å². The molecular weight excluding hydrogens is 124 g/mol. The first kappa shape index (κ1) is 8.06. The second-order valence-electron chi connectivity index (χ2n) is 4.19. The zero-order chi connectivity index (χ0) is 7.78. The van der Waals surface area contributed by atoms with Gasteiger partial charge in [-0.15, -0.1) is 0 Å². The molecule has 1 saturated carbocycles. The van der Waals surface area contributed by atoms with Crippen molar-refractivity contribution in [3.63, 3.8) is 0 Å². The standard InChI is InChI=1S/C9H18O/c1-7-4-5-9(3,10)6-8(7)2/h7-8,10H,4-6H2,1-3H3/t7?,8-,9+/m1/s1. The van der Waals surface area contributed by atoms with Gasteiger partial charge in [-0.3, -0.25) is 0 Å². The zero-order valence-corrected chi connectivity index (χ0v) is 7.22. The molecule has 1 aliphatic rings. The van der Waals surface area contributed by atoms with E-state index in [9.17, 15) is 5.11 Å². The van der Waals surface area contributed by atoms with Gasteiger partial charge in [0.1, 0.15) is 0 Å². The molecule has 0 saturated heterocycles. The second kappa shape index (κ2) is 2.54. The average molecular weight is 142 g/mol. The van der Waals surface area contributed by atoms with E-state index < -0.39 is 0 Å². The fourth-order valence-corrected chi connectivity index (χ4v) is 1.82. The van der Waals surface area contributed by atoms with E-state index in [0.717, 1.165) is 18.8 Å². The summed E-state index contributed by atoms with van der Waals surface area (Å²) in [5.41, 5.74) is -0.369. The van der Waals surface area contributed by atoms with Gasteiger partial charge in [0.15, 0.2) is 0 Å². The Kier molecular flexibility index (Phi) is 2.04. The third-order valence-corrected chi connectivity index (χ3v) is 2.87. The number of aliphatic hydroxyl groups is 1. The van der Waals surface area contributed by atoms with Crippen molar-refractivity contribution in [3.05, 3.63) is 0 Å². The Hall–Kier alpha value is -0.0400. The van der Waals surface area contributed by atoms with Crippen molar-refractivity contribution in [3.8, 4) is 0 Å². The van der Waals surface area contributed by atoms with Crippen LogP contribution in [0.3, 0.4) is 0 Å². The highest BCUT2D eigenvalue weighted by Crippen LogP contribution is 2.35. The quantitative estimate of drug-likeness (QED) is 0.549. The third-order valence-electron chi connectivity index (χ3n) is 2.87. The summed E-state index contributed by atoms with van der Waals surface area (Å²) in [5.74, 6) is 1.50. The first-order valence-corrected chi connectivity index (χ1v) is 4.24. The van der Waals surface area contributed by atoms with Crippen molar-refractivity contribution in [2.75, 3.05) is 0 Å². The molecule has 10 heavy (non-hydrogen) atoms. The molecule has 0 radical (unpaired) electrons. The lowest BCUT2D eigenvalue weighted by Gasteiger charge is -2.36. The van der Waals surface area contributed by atoms with Crippen LogP contribution in [-0.4, -0.2) is 10.7 Å². The lowest BCUT2D eigenvalue weighted by Crippen LogP contribution is -2.34. The summed E-state index contributed by atoms with van der Waals surface area (Å²) in [7, 11) is 0. The summed E-state index contributed by atoms with van der Waals surface area (Å²) >= 11 is 0. The predicted octanol–water partition coefficient (Wildman–Crippen LogP) is 2.19. The van der Waals surface area contributed by atoms with Crippen LogP contribution >= 0.6 is 0 Å². The van der Waals surface area contributed by atoms with E-state index in [0.29, 0.717) is 5.92 Å². The summed E-state index contributed by atoms with van der Waals surface area (Å²) in [6, 6.07) is 0. The number of rotatable bonds is 0. The van der Waals surface area contributed by atoms with Gasteiger partial charge in [-0.25, -0.2) is 0 Å². The Morgan fingerprint density at radius 1 is 1.30 bits per heavy atom. The Morgan fingerprint density at radius 2 is 1.90 bits per heavy atom.